The predicted molar refractivity (Wildman–Crippen MR) is 104 cm³/mol. The van der Waals surface area contributed by atoms with Crippen LogP contribution in [0.4, 0.5) is 17.1 Å². The average molecular weight is 347 g/mol. The lowest BCUT2D eigenvalue weighted by Gasteiger charge is -2.11. The number of rotatable bonds is 5. The zero-order chi connectivity index (χ0) is 18.5. The summed E-state index contributed by atoms with van der Waals surface area (Å²) < 4.78 is 5.21. The van der Waals surface area contributed by atoms with Gasteiger partial charge in [-0.1, -0.05) is 18.2 Å². The first-order valence-corrected chi connectivity index (χ1v) is 8.31. The molecule has 0 spiro atoms. The largest absolute Gasteiger partial charge is 0.497 e. The molecule has 132 valence electrons. The number of aryl methyl sites for hydroxylation is 1. The van der Waals surface area contributed by atoms with Gasteiger partial charge in [0.1, 0.15) is 11.4 Å². The Morgan fingerprint density at radius 3 is 2.54 bits per heavy atom. The first-order chi connectivity index (χ1) is 12.6. The number of ether oxygens (including phenoxy) is 1. The highest BCUT2D eigenvalue weighted by Gasteiger charge is 2.10. The van der Waals surface area contributed by atoms with Gasteiger partial charge in [-0.3, -0.25) is 4.79 Å². The van der Waals surface area contributed by atoms with Gasteiger partial charge in [0.2, 0.25) is 0 Å². The van der Waals surface area contributed by atoms with Crippen molar-refractivity contribution in [2.24, 2.45) is 0 Å². The van der Waals surface area contributed by atoms with Gasteiger partial charge in [0, 0.05) is 17.4 Å². The van der Waals surface area contributed by atoms with E-state index in [2.05, 4.69) is 15.6 Å². The SMILES string of the molecule is COc1cccc(Nc2ccc(C(=O)Nc3cccc(C)c3C)nc2)c1. The Labute approximate surface area is 153 Å². The molecule has 5 heteroatoms. The number of carbonyl (C=O) groups is 1. The number of pyridine rings is 1. The molecule has 0 atom stereocenters. The summed E-state index contributed by atoms with van der Waals surface area (Å²) in [7, 11) is 1.63. The van der Waals surface area contributed by atoms with Crippen molar-refractivity contribution in [1.29, 1.82) is 0 Å². The molecule has 1 amide bonds. The van der Waals surface area contributed by atoms with Crippen molar-refractivity contribution in [3.8, 4) is 5.75 Å². The van der Waals surface area contributed by atoms with Gasteiger partial charge in [-0.05, 0) is 55.3 Å². The van der Waals surface area contributed by atoms with Crippen LogP contribution in [-0.2, 0) is 0 Å². The van der Waals surface area contributed by atoms with Gasteiger partial charge in [0.05, 0.1) is 19.0 Å². The van der Waals surface area contributed by atoms with Crippen molar-refractivity contribution in [3.63, 3.8) is 0 Å². The van der Waals surface area contributed by atoms with Crippen LogP contribution in [0.1, 0.15) is 21.6 Å². The maximum Gasteiger partial charge on any atom is 0.274 e. The molecule has 0 radical (unpaired) electrons. The summed E-state index contributed by atoms with van der Waals surface area (Å²) in [4.78, 5) is 16.7. The summed E-state index contributed by atoms with van der Waals surface area (Å²) in [5.74, 6) is 0.541. The molecule has 3 aromatic rings. The minimum Gasteiger partial charge on any atom is -0.497 e. The van der Waals surface area contributed by atoms with Gasteiger partial charge >= 0.3 is 0 Å². The van der Waals surface area contributed by atoms with Crippen LogP contribution < -0.4 is 15.4 Å². The number of aromatic nitrogens is 1. The average Bonchev–Trinajstić information content (AvgIpc) is 2.66. The van der Waals surface area contributed by atoms with Crippen LogP contribution in [0.2, 0.25) is 0 Å². The lowest BCUT2D eigenvalue weighted by Crippen LogP contribution is -2.14. The summed E-state index contributed by atoms with van der Waals surface area (Å²) in [6.07, 6.45) is 1.64. The molecule has 0 unspecified atom stereocenters. The maximum atomic E-state index is 12.4. The van der Waals surface area contributed by atoms with E-state index in [1.165, 1.54) is 0 Å². The lowest BCUT2D eigenvalue weighted by molar-refractivity contribution is 0.102. The molecule has 2 N–H and O–H groups in total. The van der Waals surface area contributed by atoms with E-state index in [0.29, 0.717) is 5.69 Å². The topological polar surface area (TPSA) is 63.2 Å². The van der Waals surface area contributed by atoms with Gasteiger partial charge < -0.3 is 15.4 Å². The quantitative estimate of drug-likeness (QED) is 0.702. The molecular formula is C21H21N3O2. The Bertz CT molecular complexity index is 921. The summed E-state index contributed by atoms with van der Waals surface area (Å²) >= 11 is 0. The first kappa shape index (κ1) is 17.5. The Morgan fingerprint density at radius 1 is 1.00 bits per heavy atom. The molecule has 1 heterocycles. The molecule has 0 aliphatic carbocycles. The van der Waals surface area contributed by atoms with Gasteiger partial charge in [0.25, 0.3) is 5.91 Å². The molecule has 0 bridgehead atoms. The van der Waals surface area contributed by atoms with Crippen molar-refractivity contribution < 1.29 is 9.53 Å². The number of nitrogens with one attached hydrogen (secondary N) is 2. The van der Waals surface area contributed by atoms with Gasteiger partial charge in [0.15, 0.2) is 0 Å². The van der Waals surface area contributed by atoms with Crippen LogP contribution in [-0.4, -0.2) is 18.0 Å². The van der Waals surface area contributed by atoms with E-state index in [-0.39, 0.29) is 5.91 Å². The van der Waals surface area contributed by atoms with Gasteiger partial charge in [-0.15, -0.1) is 0 Å². The highest BCUT2D eigenvalue weighted by Crippen LogP contribution is 2.22. The molecule has 3 rings (SSSR count). The predicted octanol–water partition coefficient (Wildman–Crippen LogP) is 4.70. The van der Waals surface area contributed by atoms with Crippen molar-refractivity contribution >= 4 is 23.0 Å². The van der Waals surface area contributed by atoms with E-state index in [1.54, 1.807) is 19.4 Å². The molecule has 0 fully saturated rings. The standard InChI is InChI=1S/C21H21N3O2/c1-14-6-4-9-19(15(14)2)24-21(25)20-11-10-17(13-22-20)23-16-7-5-8-18(12-16)26-3/h4-13,23H,1-3H3,(H,24,25). The van der Waals surface area contributed by atoms with Crippen molar-refractivity contribution in [2.75, 3.05) is 17.7 Å². The third kappa shape index (κ3) is 4.00. The number of methoxy groups -OCH3 is 1. The third-order valence-corrected chi connectivity index (χ3v) is 4.21. The minimum absolute atomic E-state index is 0.230. The molecule has 0 saturated heterocycles. The number of amides is 1. The van der Waals surface area contributed by atoms with Crippen LogP contribution in [0.5, 0.6) is 5.75 Å². The fraction of sp³-hybridized carbons (Fsp3) is 0.143. The minimum atomic E-state index is -0.230. The Morgan fingerprint density at radius 2 is 1.81 bits per heavy atom. The second kappa shape index (κ2) is 7.70. The van der Waals surface area contributed by atoms with E-state index in [0.717, 1.165) is 33.9 Å². The van der Waals surface area contributed by atoms with Gasteiger partial charge in [-0.2, -0.15) is 0 Å². The van der Waals surface area contributed by atoms with E-state index < -0.39 is 0 Å². The second-order valence-corrected chi connectivity index (χ2v) is 5.99. The maximum absolute atomic E-state index is 12.4. The van der Waals surface area contributed by atoms with Crippen LogP contribution >= 0.6 is 0 Å². The molecule has 1 aromatic heterocycles. The van der Waals surface area contributed by atoms with Crippen molar-refractivity contribution in [2.45, 2.75) is 13.8 Å². The number of benzene rings is 2. The van der Waals surface area contributed by atoms with E-state index in [4.69, 9.17) is 4.74 Å². The van der Waals surface area contributed by atoms with E-state index in [9.17, 15) is 4.79 Å². The zero-order valence-electron chi connectivity index (χ0n) is 15.0. The summed E-state index contributed by atoms with van der Waals surface area (Å²) in [6, 6.07) is 17.0. The molecule has 0 aliphatic rings. The number of hydrogen-bond donors (Lipinski definition) is 2. The highest BCUT2D eigenvalue weighted by molar-refractivity contribution is 6.03. The Kier molecular flexibility index (Phi) is 5.17. The Balaban J connectivity index is 1.70. The van der Waals surface area contributed by atoms with Crippen LogP contribution in [0, 0.1) is 13.8 Å². The monoisotopic (exact) mass is 347 g/mol. The smallest absolute Gasteiger partial charge is 0.274 e. The summed E-state index contributed by atoms with van der Waals surface area (Å²) in [6.45, 7) is 4.00. The fourth-order valence-corrected chi connectivity index (χ4v) is 2.54. The lowest BCUT2D eigenvalue weighted by atomic mass is 10.1. The second-order valence-electron chi connectivity index (χ2n) is 5.99. The van der Waals surface area contributed by atoms with Crippen molar-refractivity contribution in [3.05, 3.63) is 77.6 Å². The molecule has 26 heavy (non-hydrogen) atoms. The summed E-state index contributed by atoms with van der Waals surface area (Å²) in [5, 5.41) is 6.15. The number of anilines is 3. The molecule has 5 nitrogen and oxygen atoms in total. The van der Waals surface area contributed by atoms with E-state index in [1.807, 2.05) is 62.4 Å². The molecule has 0 aliphatic heterocycles. The van der Waals surface area contributed by atoms with Crippen molar-refractivity contribution in [1.82, 2.24) is 4.98 Å². The zero-order valence-corrected chi connectivity index (χ0v) is 15.0. The number of nitrogens with zero attached hydrogens (tertiary/aromatic N) is 1. The van der Waals surface area contributed by atoms with Crippen LogP contribution in [0.3, 0.4) is 0 Å². The van der Waals surface area contributed by atoms with Gasteiger partial charge in [-0.25, -0.2) is 4.98 Å². The molecule has 0 saturated carbocycles. The third-order valence-electron chi connectivity index (χ3n) is 4.21. The number of hydrogen-bond acceptors (Lipinski definition) is 4. The molecular weight excluding hydrogens is 326 g/mol. The fourth-order valence-electron chi connectivity index (χ4n) is 2.54. The summed E-state index contributed by atoms with van der Waals surface area (Å²) in [5.41, 5.74) is 5.03. The normalized spacial score (nSPS) is 10.3. The molecule has 2 aromatic carbocycles. The van der Waals surface area contributed by atoms with Crippen LogP contribution in [0.15, 0.2) is 60.8 Å². The van der Waals surface area contributed by atoms with Crippen LogP contribution in [0.25, 0.3) is 0 Å². The van der Waals surface area contributed by atoms with E-state index >= 15 is 0 Å². The number of carbonyl (C=O) groups excluding carboxylic acids is 1. The Hall–Kier alpha value is -3.34. The first-order valence-electron chi connectivity index (χ1n) is 8.31. The highest BCUT2D eigenvalue weighted by atomic mass is 16.5.